The van der Waals surface area contributed by atoms with E-state index in [0.29, 0.717) is 27.6 Å². The van der Waals surface area contributed by atoms with Crippen LogP contribution in [0.15, 0.2) is 60.0 Å². The molecule has 0 spiro atoms. The second-order valence-electron chi connectivity index (χ2n) is 8.78. The Labute approximate surface area is 196 Å². The van der Waals surface area contributed by atoms with Crippen LogP contribution in [-0.4, -0.2) is 24.3 Å². The molecule has 1 aliphatic carbocycles. The normalized spacial score (nSPS) is 16.2. The fraction of sp³-hybridized carbons (Fsp3) is 0.200. The third-order valence-electron chi connectivity index (χ3n) is 6.87. The zero-order chi connectivity index (χ0) is 24.8. The fourth-order valence-corrected chi connectivity index (χ4v) is 5.08. The summed E-state index contributed by atoms with van der Waals surface area (Å²) in [4.78, 5) is 53.7. The minimum absolute atomic E-state index is 0.178. The van der Waals surface area contributed by atoms with Gasteiger partial charge in [-0.05, 0) is 29.9 Å². The van der Waals surface area contributed by atoms with Crippen molar-refractivity contribution >= 4 is 40.3 Å². The Morgan fingerprint density at radius 2 is 1.43 bits per heavy atom. The molecular weight excluding hydrogens is 450 g/mol. The quantitative estimate of drug-likeness (QED) is 0.368. The number of hydrogen-bond acceptors (Lipinski definition) is 6. The first-order valence-corrected chi connectivity index (χ1v) is 11.0. The van der Waals surface area contributed by atoms with Gasteiger partial charge in [0.05, 0.1) is 11.6 Å². The van der Waals surface area contributed by atoms with Gasteiger partial charge in [-0.2, -0.15) is 0 Å². The van der Waals surface area contributed by atoms with Crippen molar-refractivity contribution in [2.45, 2.75) is 6.04 Å². The Balaban J connectivity index is 1.79. The summed E-state index contributed by atoms with van der Waals surface area (Å²) in [5.74, 6) is 0.474. The number of anilines is 2. The SMILES string of the molecule is Cn1c2c(c(=O)n(C)c1=O)C1=CC=c3oc4c(c3=CC1N2c1ccccc1)c(=O)n(C)c(=O)n4C. The maximum atomic E-state index is 13.3. The molecule has 3 aromatic heterocycles. The van der Waals surface area contributed by atoms with Gasteiger partial charge in [0, 0.05) is 39.1 Å². The van der Waals surface area contributed by atoms with Gasteiger partial charge < -0.3 is 9.32 Å². The number of fused-ring (bicyclic) bond motifs is 6. The summed E-state index contributed by atoms with van der Waals surface area (Å²) in [7, 11) is 6.07. The van der Waals surface area contributed by atoms with Crippen molar-refractivity contribution in [3.8, 4) is 0 Å². The number of nitrogens with zero attached hydrogens (tertiary/aromatic N) is 5. The molecule has 4 heterocycles. The van der Waals surface area contributed by atoms with Gasteiger partial charge in [-0.3, -0.25) is 27.9 Å². The van der Waals surface area contributed by atoms with Crippen molar-refractivity contribution < 1.29 is 4.42 Å². The molecule has 2 aliphatic rings. The maximum Gasteiger partial charge on any atom is 0.333 e. The number of furan rings is 1. The van der Waals surface area contributed by atoms with Crippen LogP contribution in [0.1, 0.15) is 5.56 Å². The van der Waals surface area contributed by atoms with Crippen molar-refractivity contribution in [3.63, 3.8) is 0 Å². The topological polar surface area (TPSA) is 104 Å². The van der Waals surface area contributed by atoms with Crippen LogP contribution < -0.4 is 38.0 Å². The average molecular weight is 471 g/mol. The van der Waals surface area contributed by atoms with E-state index in [1.165, 1.54) is 23.2 Å². The van der Waals surface area contributed by atoms with Gasteiger partial charge in [0.1, 0.15) is 16.6 Å². The number of hydrogen-bond donors (Lipinski definition) is 0. The van der Waals surface area contributed by atoms with Crippen molar-refractivity contribution in [2.75, 3.05) is 4.90 Å². The zero-order valence-electron chi connectivity index (χ0n) is 19.5. The molecule has 0 N–H and O–H groups in total. The number of allylic oxidation sites excluding steroid dienone is 1. The third-order valence-corrected chi connectivity index (χ3v) is 6.87. The summed E-state index contributed by atoms with van der Waals surface area (Å²) in [6, 6.07) is 8.93. The molecule has 10 nitrogen and oxygen atoms in total. The summed E-state index contributed by atoms with van der Waals surface area (Å²) < 4.78 is 10.9. The van der Waals surface area contributed by atoms with Gasteiger partial charge in [-0.1, -0.05) is 24.3 Å². The predicted molar refractivity (Wildman–Crippen MR) is 132 cm³/mol. The lowest BCUT2D eigenvalue weighted by molar-refractivity contribution is 0.535. The van der Waals surface area contributed by atoms with Gasteiger partial charge in [-0.25, -0.2) is 9.59 Å². The summed E-state index contributed by atoms with van der Waals surface area (Å²) in [5, 5.41) is 0.810. The van der Waals surface area contributed by atoms with Crippen LogP contribution in [0.5, 0.6) is 0 Å². The molecule has 1 aromatic carbocycles. The van der Waals surface area contributed by atoms with Gasteiger partial charge in [0.2, 0.25) is 5.71 Å². The Kier molecular flexibility index (Phi) is 4.17. The number of rotatable bonds is 1. The van der Waals surface area contributed by atoms with Gasteiger partial charge in [0.15, 0.2) is 0 Å². The van der Waals surface area contributed by atoms with E-state index in [1.807, 2.05) is 41.3 Å². The van der Waals surface area contributed by atoms with Crippen molar-refractivity contribution in [3.05, 3.63) is 94.3 Å². The molecule has 10 heteroatoms. The summed E-state index contributed by atoms with van der Waals surface area (Å²) in [6.45, 7) is 0. The second kappa shape index (κ2) is 6.95. The van der Waals surface area contributed by atoms with Gasteiger partial charge in [-0.15, -0.1) is 0 Å². The van der Waals surface area contributed by atoms with E-state index in [1.54, 1.807) is 26.2 Å². The first kappa shape index (κ1) is 21.0. The Morgan fingerprint density at radius 1 is 0.771 bits per heavy atom. The molecular formula is C25H21N5O5. The minimum atomic E-state index is -0.506. The average Bonchev–Trinajstić information content (AvgIpc) is 3.33. The lowest BCUT2D eigenvalue weighted by Gasteiger charge is -2.26. The van der Waals surface area contributed by atoms with E-state index in [-0.39, 0.29) is 11.1 Å². The molecule has 35 heavy (non-hydrogen) atoms. The van der Waals surface area contributed by atoms with Gasteiger partial charge >= 0.3 is 11.4 Å². The van der Waals surface area contributed by atoms with E-state index < -0.39 is 28.5 Å². The highest BCUT2D eigenvalue weighted by molar-refractivity contribution is 5.97. The summed E-state index contributed by atoms with van der Waals surface area (Å²) in [5.41, 5.74) is 0.668. The van der Waals surface area contributed by atoms with Crippen LogP contribution in [0.4, 0.5) is 11.5 Å². The molecule has 0 bridgehead atoms. The van der Waals surface area contributed by atoms with E-state index in [4.69, 9.17) is 4.42 Å². The largest absolute Gasteiger partial charge is 0.439 e. The lowest BCUT2D eigenvalue weighted by Crippen LogP contribution is -2.40. The van der Waals surface area contributed by atoms with Gasteiger partial charge in [0.25, 0.3) is 11.1 Å². The zero-order valence-corrected chi connectivity index (χ0v) is 19.5. The molecule has 6 rings (SSSR count). The predicted octanol–water partition coefficient (Wildman–Crippen LogP) is -0.594. The van der Waals surface area contributed by atoms with Crippen LogP contribution in [0, 0.1) is 0 Å². The highest BCUT2D eigenvalue weighted by atomic mass is 16.3. The standard InChI is InChI=1S/C25H21N5O5/c1-26-20-18(21(31)27(2)24(26)33)14-10-11-17-15(12-16(14)30(20)13-8-6-5-7-9-13)19-22(32)28(3)25(34)29(4)23(19)35-17/h5-12,16H,1-4H3. The monoisotopic (exact) mass is 471 g/mol. The van der Waals surface area contributed by atoms with Crippen LogP contribution in [0.3, 0.4) is 0 Å². The first-order valence-electron chi connectivity index (χ1n) is 11.0. The number of benzene rings is 1. The van der Waals surface area contributed by atoms with E-state index in [2.05, 4.69) is 0 Å². The van der Waals surface area contributed by atoms with Crippen LogP contribution >= 0.6 is 0 Å². The lowest BCUT2D eigenvalue weighted by atomic mass is 10.0. The highest BCUT2D eigenvalue weighted by Gasteiger charge is 2.39. The Bertz CT molecular complexity index is 1980. The van der Waals surface area contributed by atoms with Crippen LogP contribution in [-0.2, 0) is 28.2 Å². The van der Waals surface area contributed by atoms with E-state index >= 15 is 0 Å². The molecule has 1 atom stereocenters. The number of para-hydroxylation sites is 1. The second-order valence-corrected chi connectivity index (χ2v) is 8.78. The van der Waals surface area contributed by atoms with Crippen LogP contribution in [0.2, 0.25) is 0 Å². The molecule has 0 saturated carbocycles. The molecule has 0 radical (unpaired) electrons. The van der Waals surface area contributed by atoms with Crippen molar-refractivity contribution in [1.29, 1.82) is 0 Å². The Morgan fingerprint density at radius 3 is 2.14 bits per heavy atom. The molecule has 1 unspecified atom stereocenters. The first-order chi connectivity index (χ1) is 16.7. The Hall–Kier alpha value is -4.60. The summed E-state index contributed by atoms with van der Waals surface area (Å²) >= 11 is 0. The van der Waals surface area contributed by atoms with E-state index in [0.717, 1.165) is 14.8 Å². The molecule has 4 aromatic rings. The molecule has 0 fully saturated rings. The maximum absolute atomic E-state index is 13.3. The highest BCUT2D eigenvalue weighted by Crippen LogP contribution is 2.43. The molecule has 176 valence electrons. The van der Waals surface area contributed by atoms with Crippen molar-refractivity contribution in [1.82, 2.24) is 18.3 Å². The smallest absolute Gasteiger partial charge is 0.333 e. The van der Waals surface area contributed by atoms with Crippen LogP contribution in [0.25, 0.3) is 28.8 Å². The molecule has 0 saturated heterocycles. The molecule has 0 amide bonds. The van der Waals surface area contributed by atoms with E-state index in [9.17, 15) is 19.2 Å². The third kappa shape index (κ3) is 2.59. The van der Waals surface area contributed by atoms with Crippen molar-refractivity contribution in [2.24, 2.45) is 28.2 Å². The molecule has 1 aliphatic heterocycles. The fourth-order valence-electron chi connectivity index (χ4n) is 5.08. The number of aromatic nitrogens is 4. The number of aryl methyl sites for hydroxylation is 1. The minimum Gasteiger partial charge on any atom is -0.439 e. The summed E-state index contributed by atoms with van der Waals surface area (Å²) in [6.07, 6.45) is 5.35.